The van der Waals surface area contributed by atoms with Gasteiger partial charge in [-0.1, -0.05) is 60.3 Å². The monoisotopic (exact) mass is 387 g/mol. The van der Waals surface area contributed by atoms with Gasteiger partial charge < -0.3 is 5.32 Å². The largest absolute Gasteiger partial charge is 0.416 e. The molecule has 1 amide bonds. The number of amides is 1. The van der Waals surface area contributed by atoms with Crippen LogP contribution in [0, 0.1) is 0 Å². The first-order valence-electron chi connectivity index (χ1n) is 8.18. The highest BCUT2D eigenvalue weighted by Crippen LogP contribution is 2.35. The van der Waals surface area contributed by atoms with E-state index in [1.165, 1.54) is 23.9 Å². The van der Waals surface area contributed by atoms with Crippen LogP contribution in [0.5, 0.6) is 0 Å². The number of hydrogen-bond acceptors (Lipinski definition) is 2. The van der Waals surface area contributed by atoms with Gasteiger partial charge in [-0.05, 0) is 42.0 Å². The Hall–Kier alpha value is -2.73. The molecule has 0 heterocycles. The van der Waals surface area contributed by atoms with E-state index in [1.807, 2.05) is 36.4 Å². The Kier molecular flexibility index (Phi) is 5.86. The molecule has 27 heavy (non-hydrogen) atoms. The number of carbonyl (C=O) groups is 1. The van der Waals surface area contributed by atoms with Crippen molar-refractivity contribution in [3.05, 3.63) is 102 Å². The lowest BCUT2D eigenvalue weighted by molar-refractivity contribution is -0.137. The van der Waals surface area contributed by atoms with Crippen LogP contribution in [0.2, 0.25) is 0 Å². The van der Waals surface area contributed by atoms with E-state index in [2.05, 4.69) is 5.32 Å². The third-order valence-electron chi connectivity index (χ3n) is 3.84. The molecule has 138 valence electrons. The highest BCUT2D eigenvalue weighted by Gasteiger charge is 2.30. The first-order chi connectivity index (χ1) is 12.9. The number of nitrogens with one attached hydrogen (secondary N) is 1. The topological polar surface area (TPSA) is 29.1 Å². The zero-order valence-corrected chi connectivity index (χ0v) is 14.9. The van der Waals surface area contributed by atoms with Gasteiger partial charge in [0.1, 0.15) is 5.37 Å². The summed E-state index contributed by atoms with van der Waals surface area (Å²) in [4.78, 5) is 13.4. The van der Waals surface area contributed by atoms with Crippen LogP contribution in [0.3, 0.4) is 0 Å². The van der Waals surface area contributed by atoms with Crippen LogP contribution in [0.15, 0.2) is 89.8 Å². The Morgan fingerprint density at radius 3 is 1.93 bits per heavy atom. The Bertz CT molecular complexity index is 881. The molecular weight excluding hydrogens is 371 g/mol. The fourth-order valence-corrected chi connectivity index (χ4v) is 3.50. The van der Waals surface area contributed by atoms with Crippen molar-refractivity contribution in [1.82, 2.24) is 5.32 Å². The summed E-state index contributed by atoms with van der Waals surface area (Å²) in [5, 5.41) is 2.37. The van der Waals surface area contributed by atoms with Gasteiger partial charge in [-0.25, -0.2) is 0 Å². The fourth-order valence-electron chi connectivity index (χ4n) is 2.45. The quantitative estimate of drug-likeness (QED) is 0.434. The second kappa shape index (κ2) is 8.31. The zero-order valence-electron chi connectivity index (χ0n) is 14.1. The Morgan fingerprint density at radius 2 is 1.37 bits per heavy atom. The fraction of sp³-hybridized carbons (Fsp3) is 0.0952. The van der Waals surface area contributed by atoms with E-state index in [4.69, 9.17) is 0 Å². The maximum absolute atomic E-state index is 12.8. The Labute approximate surface area is 159 Å². The maximum atomic E-state index is 12.8. The van der Waals surface area contributed by atoms with E-state index in [0.29, 0.717) is 11.1 Å². The lowest BCUT2D eigenvalue weighted by Crippen LogP contribution is -2.26. The van der Waals surface area contributed by atoms with Crippen molar-refractivity contribution < 1.29 is 18.0 Å². The van der Waals surface area contributed by atoms with Gasteiger partial charge in [-0.2, -0.15) is 13.2 Å². The van der Waals surface area contributed by atoms with E-state index >= 15 is 0 Å². The maximum Gasteiger partial charge on any atom is 0.416 e. The van der Waals surface area contributed by atoms with E-state index in [-0.39, 0.29) is 5.91 Å². The van der Waals surface area contributed by atoms with Crippen molar-refractivity contribution in [1.29, 1.82) is 0 Å². The molecule has 6 heteroatoms. The summed E-state index contributed by atoms with van der Waals surface area (Å²) in [6.45, 7) is 0. The van der Waals surface area contributed by atoms with Gasteiger partial charge in [0.05, 0.1) is 5.56 Å². The normalized spacial score (nSPS) is 12.4. The van der Waals surface area contributed by atoms with Gasteiger partial charge in [0, 0.05) is 10.5 Å². The van der Waals surface area contributed by atoms with Crippen molar-refractivity contribution in [2.24, 2.45) is 0 Å². The molecule has 3 rings (SSSR count). The molecule has 0 aromatic heterocycles. The van der Waals surface area contributed by atoms with E-state index < -0.39 is 17.1 Å². The predicted molar refractivity (Wildman–Crippen MR) is 100 cm³/mol. The van der Waals surface area contributed by atoms with E-state index in [9.17, 15) is 18.0 Å². The van der Waals surface area contributed by atoms with Gasteiger partial charge in [0.2, 0.25) is 0 Å². The first kappa shape index (κ1) is 19.0. The molecule has 0 aliphatic carbocycles. The summed E-state index contributed by atoms with van der Waals surface area (Å²) in [7, 11) is 0. The highest BCUT2D eigenvalue weighted by molar-refractivity contribution is 7.99. The number of rotatable bonds is 5. The zero-order chi connectivity index (χ0) is 19.3. The third kappa shape index (κ3) is 5.14. The second-order valence-corrected chi connectivity index (χ2v) is 6.95. The average Bonchev–Trinajstić information content (AvgIpc) is 2.68. The van der Waals surface area contributed by atoms with Crippen LogP contribution >= 0.6 is 11.8 Å². The molecule has 3 aromatic carbocycles. The molecular formula is C21H16F3NOS. The van der Waals surface area contributed by atoms with Crippen molar-refractivity contribution >= 4 is 17.7 Å². The van der Waals surface area contributed by atoms with E-state index in [0.717, 1.165) is 17.0 Å². The molecule has 0 aliphatic rings. The average molecular weight is 387 g/mol. The minimum absolute atomic E-state index is 0.288. The summed E-state index contributed by atoms with van der Waals surface area (Å²) < 4.78 is 38.5. The third-order valence-corrected chi connectivity index (χ3v) is 5.01. The van der Waals surface area contributed by atoms with Crippen LogP contribution in [-0.4, -0.2) is 5.91 Å². The summed E-state index contributed by atoms with van der Waals surface area (Å²) in [5.41, 5.74) is 0.355. The molecule has 1 N–H and O–H groups in total. The van der Waals surface area contributed by atoms with E-state index in [1.54, 1.807) is 24.3 Å². The lowest BCUT2D eigenvalue weighted by atomic mass is 10.1. The van der Waals surface area contributed by atoms with Crippen LogP contribution < -0.4 is 5.32 Å². The number of carbonyl (C=O) groups excluding carboxylic acids is 1. The second-order valence-electron chi connectivity index (χ2n) is 5.77. The number of halogens is 3. The SMILES string of the molecule is O=C(NC(Sc1ccccc1)c1ccc(C(F)(F)F)cc1)c1ccccc1. The summed E-state index contributed by atoms with van der Waals surface area (Å²) in [6.07, 6.45) is -4.39. The lowest BCUT2D eigenvalue weighted by Gasteiger charge is -2.20. The van der Waals surface area contributed by atoms with Crippen molar-refractivity contribution in [2.75, 3.05) is 0 Å². The summed E-state index contributed by atoms with van der Waals surface area (Å²) >= 11 is 1.36. The molecule has 1 unspecified atom stereocenters. The van der Waals surface area contributed by atoms with Gasteiger partial charge in [-0.3, -0.25) is 4.79 Å². The minimum atomic E-state index is -4.39. The molecule has 0 bridgehead atoms. The van der Waals surface area contributed by atoms with Crippen LogP contribution in [-0.2, 0) is 6.18 Å². The molecule has 0 spiro atoms. The molecule has 0 aliphatic heterocycles. The smallest absolute Gasteiger partial charge is 0.336 e. The van der Waals surface area contributed by atoms with Crippen molar-refractivity contribution in [3.63, 3.8) is 0 Å². The summed E-state index contributed by atoms with van der Waals surface area (Å²) in [5.74, 6) is -0.288. The van der Waals surface area contributed by atoms with Gasteiger partial charge in [0.15, 0.2) is 0 Å². The molecule has 0 fully saturated rings. The predicted octanol–water partition coefficient (Wildman–Crippen LogP) is 5.93. The van der Waals surface area contributed by atoms with Gasteiger partial charge in [-0.15, -0.1) is 0 Å². The Balaban J connectivity index is 1.86. The highest BCUT2D eigenvalue weighted by atomic mass is 32.2. The minimum Gasteiger partial charge on any atom is -0.336 e. The number of benzene rings is 3. The van der Waals surface area contributed by atoms with Crippen LogP contribution in [0.4, 0.5) is 13.2 Å². The summed E-state index contributed by atoms with van der Waals surface area (Å²) in [6, 6.07) is 22.9. The van der Waals surface area contributed by atoms with Crippen LogP contribution in [0.25, 0.3) is 0 Å². The number of thioether (sulfide) groups is 1. The standard InChI is InChI=1S/C21H16F3NOS/c22-21(23,24)17-13-11-16(12-14-17)20(27-18-9-5-2-6-10-18)25-19(26)15-7-3-1-4-8-15/h1-14,20H,(H,25,26). The Morgan fingerprint density at radius 1 is 0.815 bits per heavy atom. The number of alkyl halides is 3. The van der Waals surface area contributed by atoms with Crippen molar-refractivity contribution in [3.8, 4) is 0 Å². The first-order valence-corrected chi connectivity index (χ1v) is 9.06. The van der Waals surface area contributed by atoms with Gasteiger partial charge >= 0.3 is 6.18 Å². The number of hydrogen-bond donors (Lipinski definition) is 1. The molecule has 0 saturated heterocycles. The molecule has 0 saturated carbocycles. The van der Waals surface area contributed by atoms with Crippen LogP contribution in [0.1, 0.15) is 26.9 Å². The van der Waals surface area contributed by atoms with Gasteiger partial charge in [0.25, 0.3) is 5.91 Å². The molecule has 2 nitrogen and oxygen atoms in total. The molecule has 3 aromatic rings. The molecule has 0 radical (unpaired) electrons. The van der Waals surface area contributed by atoms with Crippen molar-refractivity contribution in [2.45, 2.75) is 16.4 Å². The molecule has 1 atom stereocenters.